The van der Waals surface area contributed by atoms with E-state index in [1.165, 1.54) is 31.9 Å². The second kappa shape index (κ2) is 7.74. The van der Waals surface area contributed by atoms with Gasteiger partial charge in [-0.25, -0.2) is 4.98 Å². The Kier molecular flexibility index (Phi) is 6.30. The summed E-state index contributed by atoms with van der Waals surface area (Å²) >= 11 is 0. The molecule has 1 heterocycles. The topological polar surface area (TPSA) is 43.8 Å². The smallest absolute Gasteiger partial charge is 0.0953 e. The van der Waals surface area contributed by atoms with Gasteiger partial charge >= 0.3 is 0 Å². The van der Waals surface area contributed by atoms with E-state index in [0.29, 0.717) is 6.04 Å². The van der Waals surface area contributed by atoms with Gasteiger partial charge in [-0.2, -0.15) is 0 Å². The third kappa shape index (κ3) is 3.67. The maximum absolute atomic E-state index is 4.50. The third-order valence-corrected chi connectivity index (χ3v) is 3.46. The van der Waals surface area contributed by atoms with Crippen LogP contribution in [0.1, 0.15) is 44.8 Å². The van der Waals surface area contributed by atoms with Crippen molar-refractivity contribution in [2.24, 2.45) is 5.73 Å². The zero-order valence-corrected chi connectivity index (χ0v) is 12.3. The van der Waals surface area contributed by atoms with Gasteiger partial charge < -0.3 is 10.3 Å². The van der Waals surface area contributed by atoms with Gasteiger partial charge in [0.05, 0.1) is 18.2 Å². The maximum Gasteiger partial charge on any atom is 0.0953 e. The van der Waals surface area contributed by atoms with Gasteiger partial charge in [-0.15, -0.1) is 0 Å². The highest BCUT2D eigenvalue weighted by atomic mass is 15.1. The highest BCUT2D eigenvalue weighted by Gasteiger charge is 2.22. The summed E-state index contributed by atoms with van der Waals surface area (Å²) in [7, 11) is 1.50. The number of nitrogens with two attached hydrogens (primary N) is 1. The molecule has 1 fully saturated rings. The van der Waals surface area contributed by atoms with E-state index in [-0.39, 0.29) is 0 Å². The van der Waals surface area contributed by atoms with Crippen molar-refractivity contribution in [3.05, 3.63) is 48.6 Å². The monoisotopic (exact) mass is 259 g/mol. The molecule has 0 aliphatic heterocycles. The van der Waals surface area contributed by atoms with Crippen molar-refractivity contribution in [3.8, 4) is 0 Å². The summed E-state index contributed by atoms with van der Waals surface area (Å²) in [6.07, 6.45) is 13.9. The molecule has 19 heavy (non-hydrogen) atoms. The lowest BCUT2D eigenvalue weighted by Crippen LogP contribution is -2.18. The number of nitrogens with zero attached hydrogens (tertiary/aromatic N) is 2. The van der Waals surface area contributed by atoms with Crippen LogP contribution in [-0.2, 0) is 0 Å². The molecule has 0 aromatic carbocycles. The second-order valence-electron chi connectivity index (χ2n) is 4.62. The van der Waals surface area contributed by atoms with E-state index in [2.05, 4.69) is 34.9 Å². The quantitative estimate of drug-likeness (QED) is 0.837. The zero-order valence-electron chi connectivity index (χ0n) is 12.3. The highest BCUT2D eigenvalue weighted by Crippen LogP contribution is 2.34. The SMILES string of the molecule is C=C(/C(C)=C\C=C/C)c1cncn1C1CCC1.CN. The number of allylic oxidation sites excluding steroid dienone is 5. The lowest BCUT2D eigenvalue weighted by Gasteiger charge is -2.28. The summed E-state index contributed by atoms with van der Waals surface area (Å²) < 4.78 is 2.28. The van der Waals surface area contributed by atoms with Crippen LogP contribution in [0.3, 0.4) is 0 Å². The minimum atomic E-state index is 0.638. The summed E-state index contributed by atoms with van der Waals surface area (Å²) in [6.45, 7) is 8.31. The molecule has 2 N–H and O–H groups in total. The lowest BCUT2D eigenvalue weighted by atomic mass is 9.92. The van der Waals surface area contributed by atoms with Gasteiger partial charge in [0, 0.05) is 6.04 Å². The van der Waals surface area contributed by atoms with Crippen LogP contribution >= 0.6 is 0 Å². The van der Waals surface area contributed by atoms with E-state index in [9.17, 15) is 0 Å². The van der Waals surface area contributed by atoms with E-state index < -0.39 is 0 Å². The summed E-state index contributed by atoms with van der Waals surface area (Å²) in [5.41, 5.74) is 7.93. The molecule has 3 heteroatoms. The van der Waals surface area contributed by atoms with Crippen molar-refractivity contribution in [2.45, 2.75) is 39.2 Å². The van der Waals surface area contributed by atoms with Crippen LogP contribution in [0.5, 0.6) is 0 Å². The van der Waals surface area contributed by atoms with Gasteiger partial charge in [-0.3, -0.25) is 0 Å². The lowest BCUT2D eigenvalue weighted by molar-refractivity contribution is 0.312. The average molecular weight is 259 g/mol. The van der Waals surface area contributed by atoms with E-state index in [1.807, 2.05) is 31.6 Å². The first-order valence-electron chi connectivity index (χ1n) is 6.83. The molecular formula is C16H25N3. The number of imidazole rings is 1. The first kappa shape index (κ1) is 15.4. The summed E-state index contributed by atoms with van der Waals surface area (Å²) in [5, 5.41) is 0. The Hall–Kier alpha value is -1.61. The van der Waals surface area contributed by atoms with Gasteiger partial charge in [-0.05, 0) is 51.3 Å². The zero-order chi connectivity index (χ0) is 14.3. The molecule has 2 rings (SSSR count). The first-order chi connectivity index (χ1) is 9.24. The van der Waals surface area contributed by atoms with Crippen LogP contribution < -0.4 is 5.73 Å². The molecule has 104 valence electrons. The normalized spacial score (nSPS) is 15.9. The molecule has 0 atom stereocenters. The van der Waals surface area contributed by atoms with Crippen molar-refractivity contribution < 1.29 is 0 Å². The van der Waals surface area contributed by atoms with Crippen LogP contribution in [-0.4, -0.2) is 16.6 Å². The number of hydrogen-bond donors (Lipinski definition) is 1. The predicted octanol–water partition coefficient (Wildman–Crippen LogP) is 3.72. The molecule has 0 unspecified atom stereocenters. The molecule has 1 saturated carbocycles. The average Bonchev–Trinajstić information content (AvgIpc) is 2.84. The van der Waals surface area contributed by atoms with Crippen molar-refractivity contribution >= 4 is 5.57 Å². The molecule has 0 bridgehead atoms. The van der Waals surface area contributed by atoms with Gasteiger partial charge in [-0.1, -0.05) is 24.8 Å². The van der Waals surface area contributed by atoms with Crippen molar-refractivity contribution in [3.63, 3.8) is 0 Å². The number of hydrogen-bond acceptors (Lipinski definition) is 2. The standard InChI is InChI=1S/C15H20N2.CH5N/c1-4-5-7-12(2)13(3)15-10-16-11-17(15)14-8-6-9-14;1-2/h4-5,7,10-11,14H,3,6,8-9H2,1-2H3;2H2,1H3/b5-4-,12-7-;. The van der Waals surface area contributed by atoms with Crippen LogP contribution in [0, 0.1) is 0 Å². The van der Waals surface area contributed by atoms with Crippen LogP contribution in [0.25, 0.3) is 5.57 Å². The highest BCUT2D eigenvalue weighted by molar-refractivity contribution is 5.75. The molecule has 1 aromatic rings. The fourth-order valence-electron chi connectivity index (χ4n) is 2.04. The second-order valence-corrected chi connectivity index (χ2v) is 4.62. The summed E-state index contributed by atoms with van der Waals surface area (Å²) in [4.78, 5) is 4.27. The molecule has 0 radical (unpaired) electrons. The fourth-order valence-corrected chi connectivity index (χ4v) is 2.04. The van der Waals surface area contributed by atoms with Gasteiger partial charge in [0.2, 0.25) is 0 Å². The summed E-state index contributed by atoms with van der Waals surface area (Å²) in [5.74, 6) is 0. The fraction of sp³-hybridized carbons (Fsp3) is 0.438. The minimum Gasteiger partial charge on any atom is -0.333 e. The van der Waals surface area contributed by atoms with Crippen LogP contribution in [0.4, 0.5) is 0 Å². The molecular weight excluding hydrogens is 234 g/mol. The molecule has 1 aliphatic carbocycles. The van der Waals surface area contributed by atoms with E-state index >= 15 is 0 Å². The molecule has 0 saturated heterocycles. The molecule has 0 amide bonds. The van der Waals surface area contributed by atoms with E-state index in [1.54, 1.807) is 0 Å². The van der Waals surface area contributed by atoms with Gasteiger partial charge in [0.15, 0.2) is 0 Å². The Morgan fingerprint density at radius 2 is 2.16 bits per heavy atom. The van der Waals surface area contributed by atoms with Crippen molar-refractivity contribution in [1.82, 2.24) is 9.55 Å². The molecule has 3 nitrogen and oxygen atoms in total. The Labute approximate surface area is 116 Å². The third-order valence-electron chi connectivity index (χ3n) is 3.46. The molecule has 0 spiro atoms. The largest absolute Gasteiger partial charge is 0.333 e. The van der Waals surface area contributed by atoms with E-state index in [0.717, 1.165) is 11.3 Å². The molecule has 1 aliphatic rings. The van der Waals surface area contributed by atoms with Crippen LogP contribution in [0.15, 0.2) is 42.9 Å². The first-order valence-corrected chi connectivity index (χ1v) is 6.83. The van der Waals surface area contributed by atoms with Crippen molar-refractivity contribution in [1.29, 1.82) is 0 Å². The number of aromatic nitrogens is 2. The summed E-state index contributed by atoms with van der Waals surface area (Å²) in [6, 6.07) is 0.638. The predicted molar refractivity (Wildman–Crippen MR) is 82.8 cm³/mol. The van der Waals surface area contributed by atoms with E-state index in [4.69, 9.17) is 0 Å². The van der Waals surface area contributed by atoms with Crippen molar-refractivity contribution in [2.75, 3.05) is 7.05 Å². The van der Waals surface area contributed by atoms with Crippen LogP contribution in [0.2, 0.25) is 0 Å². The Morgan fingerprint density at radius 1 is 1.47 bits per heavy atom. The Balaban J connectivity index is 0.000000861. The number of rotatable bonds is 4. The van der Waals surface area contributed by atoms with Gasteiger partial charge in [0.1, 0.15) is 0 Å². The minimum absolute atomic E-state index is 0.638. The van der Waals surface area contributed by atoms with Gasteiger partial charge in [0.25, 0.3) is 0 Å². The molecule has 1 aromatic heterocycles. The maximum atomic E-state index is 4.50. The Bertz CT molecular complexity index is 462. The Morgan fingerprint density at radius 3 is 2.68 bits per heavy atom.